The fraction of sp³-hybridized carbons (Fsp3) is 0.294. The number of hydrogen-bond donors (Lipinski definition) is 2. The highest BCUT2D eigenvalue weighted by Crippen LogP contribution is 2.19. The molecule has 2 aromatic rings. The van der Waals surface area contributed by atoms with Crippen molar-refractivity contribution in [1.29, 1.82) is 0 Å². The van der Waals surface area contributed by atoms with E-state index in [0.29, 0.717) is 16.4 Å². The van der Waals surface area contributed by atoms with Gasteiger partial charge in [-0.25, -0.2) is 0 Å². The minimum absolute atomic E-state index is 0.0484. The van der Waals surface area contributed by atoms with Crippen LogP contribution in [-0.4, -0.2) is 18.4 Å². The summed E-state index contributed by atoms with van der Waals surface area (Å²) in [6, 6.07) is 11.0. The van der Waals surface area contributed by atoms with Gasteiger partial charge in [0.2, 0.25) is 5.91 Å². The van der Waals surface area contributed by atoms with Gasteiger partial charge in [-0.15, -0.1) is 11.3 Å². The number of halogens is 1. The Kier molecular flexibility index (Phi) is 6.62. The number of nitrogens with one attached hydrogen (secondary N) is 2. The summed E-state index contributed by atoms with van der Waals surface area (Å²) in [6.45, 7) is 2.33. The van der Waals surface area contributed by atoms with Gasteiger partial charge in [-0.1, -0.05) is 36.7 Å². The number of carbonyl (C=O) groups excluding carboxylic acids is 2. The first-order valence-corrected chi connectivity index (χ1v) is 8.72. The normalized spacial score (nSPS) is 11.7. The Morgan fingerprint density at radius 2 is 1.96 bits per heavy atom. The predicted octanol–water partition coefficient (Wildman–Crippen LogP) is 3.79. The monoisotopic (exact) mass is 350 g/mol. The van der Waals surface area contributed by atoms with E-state index < -0.39 is 0 Å². The van der Waals surface area contributed by atoms with Crippen LogP contribution in [0.4, 0.5) is 0 Å². The van der Waals surface area contributed by atoms with Crippen LogP contribution >= 0.6 is 22.9 Å². The summed E-state index contributed by atoms with van der Waals surface area (Å²) in [6.07, 6.45) is 1.04. The molecule has 0 saturated heterocycles. The van der Waals surface area contributed by atoms with Crippen LogP contribution in [0.2, 0.25) is 5.02 Å². The molecule has 0 spiro atoms. The summed E-state index contributed by atoms with van der Waals surface area (Å²) in [4.78, 5) is 24.5. The van der Waals surface area contributed by atoms with Crippen molar-refractivity contribution in [3.05, 3.63) is 57.2 Å². The molecule has 2 rings (SSSR count). The van der Waals surface area contributed by atoms with Gasteiger partial charge in [0.15, 0.2) is 0 Å². The second kappa shape index (κ2) is 8.70. The Balaban J connectivity index is 1.79. The number of amides is 2. The van der Waals surface area contributed by atoms with Crippen molar-refractivity contribution in [3.8, 4) is 0 Å². The Morgan fingerprint density at radius 3 is 2.57 bits per heavy atom. The van der Waals surface area contributed by atoms with Crippen molar-refractivity contribution in [3.63, 3.8) is 0 Å². The minimum Gasteiger partial charge on any atom is -0.351 e. The summed E-state index contributed by atoms with van der Waals surface area (Å²) in [7, 11) is 0. The van der Waals surface area contributed by atoms with Crippen LogP contribution in [0.1, 0.15) is 41.0 Å². The van der Waals surface area contributed by atoms with Gasteiger partial charge in [0.25, 0.3) is 5.91 Å². The van der Waals surface area contributed by atoms with Crippen LogP contribution in [0.25, 0.3) is 0 Å². The molecule has 1 heterocycles. The molecule has 23 heavy (non-hydrogen) atoms. The van der Waals surface area contributed by atoms with Crippen LogP contribution in [0.15, 0.2) is 41.8 Å². The molecule has 1 atom stereocenters. The lowest BCUT2D eigenvalue weighted by atomic mass is 10.0. The van der Waals surface area contributed by atoms with E-state index in [1.54, 1.807) is 6.07 Å². The standard InChI is InChI=1S/C17H19ClN2O2S/c1-2-14(12-5-7-13(18)8-6-12)20-16(21)9-10-19-17(22)15-4-3-11-23-15/h3-8,11,14H,2,9-10H2,1H3,(H,19,22)(H,20,21). The Labute approximate surface area is 144 Å². The van der Waals surface area contributed by atoms with Gasteiger partial charge >= 0.3 is 0 Å². The molecule has 0 aliphatic rings. The smallest absolute Gasteiger partial charge is 0.261 e. The van der Waals surface area contributed by atoms with E-state index in [9.17, 15) is 9.59 Å². The molecule has 6 heteroatoms. The molecule has 0 aliphatic carbocycles. The number of hydrogen-bond acceptors (Lipinski definition) is 3. The van der Waals surface area contributed by atoms with E-state index in [0.717, 1.165) is 12.0 Å². The lowest BCUT2D eigenvalue weighted by Gasteiger charge is -2.17. The SMILES string of the molecule is CCC(NC(=O)CCNC(=O)c1cccs1)c1ccc(Cl)cc1. The second-order valence-corrected chi connectivity index (χ2v) is 6.45. The highest BCUT2D eigenvalue weighted by atomic mass is 35.5. The summed E-state index contributed by atoms with van der Waals surface area (Å²) < 4.78 is 0. The molecule has 0 aliphatic heterocycles. The Hall–Kier alpha value is -1.85. The van der Waals surface area contributed by atoms with E-state index in [1.165, 1.54) is 11.3 Å². The molecule has 1 aromatic heterocycles. The van der Waals surface area contributed by atoms with Gasteiger partial charge in [0, 0.05) is 18.0 Å². The molecule has 0 fully saturated rings. The first-order chi connectivity index (χ1) is 11.1. The van der Waals surface area contributed by atoms with Crippen LogP contribution in [-0.2, 0) is 4.79 Å². The van der Waals surface area contributed by atoms with Crippen LogP contribution < -0.4 is 10.6 Å². The van der Waals surface area contributed by atoms with Crippen molar-refractivity contribution < 1.29 is 9.59 Å². The quantitative estimate of drug-likeness (QED) is 0.798. The molecule has 1 unspecified atom stereocenters. The van der Waals surface area contributed by atoms with Gasteiger partial charge in [0.1, 0.15) is 0 Å². The Bertz CT molecular complexity index is 641. The lowest BCUT2D eigenvalue weighted by molar-refractivity contribution is -0.121. The molecule has 0 bridgehead atoms. The molecule has 0 radical (unpaired) electrons. The largest absolute Gasteiger partial charge is 0.351 e. The van der Waals surface area contributed by atoms with Gasteiger partial charge in [-0.05, 0) is 35.6 Å². The predicted molar refractivity (Wildman–Crippen MR) is 93.9 cm³/mol. The molecule has 1 aromatic carbocycles. The molecule has 4 nitrogen and oxygen atoms in total. The lowest BCUT2D eigenvalue weighted by Crippen LogP contribution is -2.32. The Morgan fingerprint density at radius 1 is 1.22 bits per heavy atom. The van der Waals surface area contributed by atoms with Crippen LogP contribution in [0, 0.1) is 0 Å². The van der Waals surface area contributed by atoms with Gasteiger partial charge in [-0.3, -0.25) is 9.59 Å². The number of benzene rings is 1. The van der Waals surface area contributed by atoms with E-state index >= 15 is 0 Å². The van der Waals surface area contributed by atoms with Crippen LogP contribution in [0.5, 0.6) is 0 Å². The summed E-state index contributed by atoms with van der Waals surface area (Å²) in [5.74, 6) is -0.226. The summed E-state index contributed by atoms with van der Waals surface area (Å²) >= 11 is 7.26. The highest BCUT2D eigenvalue weighted by Gasteiger charge is 2.13. The van der Waals surface area contributed by atoms with Crippen molar-refractivity contribution in [2.24, 2.45) is 0 Å². The van der Waals surface area contributed by atoms with E-state index in [1.807, 2.05) is 42.6 Å². The fourth-order valence-corrected chi connectivity index (χ4v) is 2.93. The van der Waals surface area contributed by atoms with E-state index in [2.05, 4.69) is 10.6 Å². The molecule has 2 N–H and O–H groups in total. The van der Waals surface area contributed by atoms with Crippen molar-refractivity contribution in [2.45, 2.75) is 25.8 Å². The van der Waals surface area contributed by atoms with Gasteiger partial charge in [0.05, 0.1) is 10.9 Å². The molecular weight excluding hydrogens is 332 g/mol. The minimum atomic E-state index is -0.141. The average molecular weight is 351 g/mol. The number of thiophene rings is 1. The van der Waals surface area contributed by atoms with Crippen molar-refractivity contribution in [1.82, 2.24) is 10.6 Å². The van der Waals surface area contributed by atoms with E-state index in [4.69, 9.17) is 11.6 Å². The average Bonchev–Trinajstić information content (AvgIpc) is 3.08. The summed E-state index contributed by atoms with van der Waals surface area (Å²) in [5.41, 5.74) is 1.02. The molecule has 122 valence electrons. The maximum absolute atomic E-state index is 12.0. The van der Waals surface area contributed by atoms with Crippen molar-refractivity contribution >= 4 is 34.8 Å². The number of carbonyl (C=O) groups is 2. The fourth-order valence-electron chi connectivity index (χ4n) is 2.17. The summed E-state index contributed by atoms with van der Waals surface area (Å²) in [5, 5.41) is 8.25. The highest BCUT2D eigenvalue weighted by molar-refractivity contribution is 7.12. The maximum Gasteiger partial charge on any atom is 0.261 e. The van der Waals surface area contributed by atoms with Crippen molar-refractivity contribution in [2.75, 3.05) is 6.54 Å². The zero-order chi connectivity index (χ0) is 16.7. The molecular formula is C17H19ClN2O2S. The first-order valence-electron chi connectivity index (χ1n) is 7.46. The number of rotatable bonds is 7. The second-order valence-electron chi connectivity index (χ2n) is 5.06. The maximum atomic E-state index is 12.0. The third kappa shape index (κ3) is 5.37. The van der Waals surface area contributed by atoms with Gasteiger partial charge in [-0.2, -0.15) is 0 Å². The van der Waals surface area contributed by atoms with E-state index in [-0.39, 0.29) is 24.3 Å². The first kappa shape index (κ1) is 17.5. The topological polar surface area (TPSA) is 58.2 Å². The molecule has 2 amide bonds. The third-order valence-electron chi connectivity index (χ3n) is 3.40. The molecule has 0 saturated carbocycles. The zero-order valence-electron chi connectivity index (χ0n) is 12.8. The van der Waals surface area contributed by atoms with Gasteiger partial charge < -0.3 is 10.6 Å². The third-order valence-corrected chi connectivity index (χ3v) is 4.52. The van der Waals surface area contributed by atoms with Crippen LogP contribution in [0.3, 0.4) is 0 Å². The zero-order valence-corrected chi connectivity index (χ0v) is 14.4.